The van der Waals surface area contributed by atoms with Crippen LogP contribution >= 0.6 is 15.9 Å². The lowest BCUT2D eigenvalue weighted by Crippen LogP contribution is -2.26. The molecule has 7 heteroatoms. The Labute approximate surface area is 150 Å². The molecular formula is C17H22BrFN2O2S. The molecule has 0 radical (unpaired) electrons. The van der Waals surface area contributed by atoms with Crippen molar-refractivity contribution in [2.24, 2.45) is 5.41 Å². The Bertz CT molecular complexity index is 880. The molecule has 0 saturated heterocycles. The van der Waals surface area contributed by atoms with Gasteiger partial charge in [0.25, 0.3) is 0 Å². The van der Waals surface area contributed by atoms with E-state index in [2.05, 4.69) is 46.0 Å². The van der Waals surface area contributed by atoms with Crippen molar-refractivity contribution in [2.75, 3.05) is 0 Å². The molecule has 1 aliphatic rings. The third-order valence-corrected chi connectivity index (χ3v) is 6.58. The largest absolute Gasteiger partial charge is 0.347 e. The highest BCUT2D eigenvalue weighted by molar-refractivity contribution is 9.10. The van der Waals surface area contributed by atoms with Gasteiger partial charge in [0.1, 0.15) is 5.82 Å². The Morgan fingerprint density at radius 2 is 2.00 bits per heavy atom. The summed E-state index contributed by atoms with van der Waals surface area (Å²) in [6.07, 6.45) is 3.38. The minimum atomic E-state index is -3.26. The van der Waals surface area contributed by atoms with Crippen LogP contribution < -0.4 is 4.72 Å². The zero-order valence-electron chi connectivity index (χ0n) is 14.1. The van der Waals surface area contributed by atoms with Crippen molar-refractivity contribution in [3.8, 4) is 0 Å². The summed E-state index contributed by atoms with van der Waals surface area (Å²) < 4.78 is 43.3. The first kappa shape index (κ1) is 17.9. The number of nitrogens with zero attached hydrogens (tertiary/aromatic N) is 1. The number of halogens is 2. The van der Waals surface area contributed by atoms with Gasteiger partial charge in [0.15, 0.2) is 0 Å². The van der Waals surface area contributed by atoms with E-state index in [0.29, 0.717) is 4.47 Å². The lowest BCUT2D eigenvalue weighted by molar-refractivity contribution is 0.349. The summed E-state index contributed by atoms with van der Waals surface area (Å²) in [5.41, 5.74) is 1.75. The summed E-state index contributed by atoms with van der Waals surface area (Å²) in [4.78, 5) is 0. The second-order valence-electron chi connectivity index (χ2n) is 7.69. The fourth-order valence-electron chi connectivity index (χ4n) is 2.82. The monoisotopic (exact) mass is 416 g/mol. The second-order valence-corrected chi connectivity index (χ2v) is 10.6. The van der Waals surface area contributed by atoms with E-state index in [4.69, 9.17) is 0 Å². The Morgan fingerprint density at radius 1 is 1.33 bits per heavy atom. The lowest BCUT2D eigenvalue weighted by Gasteiger charge is -2.20. The van der Waals surface area contributed by atoms with Crippen molar-refractivity contribution in [3.63, 3.8) is 0 Å². The molecule has 1 heterocycles. The van der Waals surface area contributed by atoms with Gasteiger partial charge < -0.3 is 4.57 Å². The second kappa shape index (κ2) is 6.11. The number of hydrogen-bond acceptors (Lipinski definition) is 2. The van der Waals surface area contributed by atoms with Crippen molar-refractivity contribution < 1.29 is 12.8 Å². The normalized spacial score (nSPS) is 16.0. The maximum absolute atomic E-state index is 14.0. The van der Waals surface area contributed by atoms with Crippen molar-refractivity contribution in [3.05, 3.63) is 34.2 Å². The third kappa shape index (κ3) is 3.83. The van der Waals surface area contributed by atoms with E-state index in [1.54, 1.807) is 6.07 Å². The van der Waals surface area contributed by atoms with E-state index in [9.17, 15) is 12.8 Å². The number of rotatable bonds is 5. The van der Waals surface area contributed by atoms with Crippen LogP contribution in [0.15, 0.2) is 22.8 Å². The first-order chi connectivity index (χ1) is 11.1. The van der Waals surface area contributed by atoms with E-state index in [1.165, 1.54) is 6.07 Å². The summed E-state index contributed by atoms with van der Waals surface area (Å²) in [5, 5.41) is 0.491. The molecule has 1 fully saturated rings. The molecule has 132 valence electrons. The maximum atomic E-state index is 14.0. The zero-order valence-corrected chi connectivity index (χ0v) is 16.5. The smallest absolute Gasteiger partial charge is 0.214 e. The quantitative estimate of drug-likeness (QED) is 0.794. The average molecular weight is 417 g/mol. The van der Waals surface area contributed by atoms with Crippen molar-refractivity contribution in [2.45, 2.75) is 52.0 Å². The fraction of sp³-hybridized carbons (Fsp3) is 0.529. The molecule has 24 heavy (non-hydrogen) atoms. The van der Waals surface area contributed by atoms with Crippen LogP contribution in [-0.4, -0.2) is 18.2 Å². The molecule has 1 aromatic carbocycles. The van der Waals surface area contributed by atoms with Crippen LogP contribution in [0.3, 0.4) is 0 Å². The Morgan fingerprint density at radius 3 is 2.58 bits per heavy atom. The molecule has 0 atom stereocenters. The van der Waals surface area contributed by atoms with Gasteiger partial charge in [-0.3, -0.25) is 0 Å². The summed E-state index contributed by atoms with van der Waals surface area (Å²) in [5.74, 6) is -0.345. The van der Waals surface area contributed by atoms with Gasteiger partial charge in [-0.25, -0.2) is 17.5 Å². The number of aromatic nitrogens is 1. The summed E-state index contributed by atoms with van der Waals surface area (Å²) in [7, 11) is -3.26. The van der Waals surface area contributed by atoms with Crippen LogP contribution in [0.2, 0.25) is 0 Å². The van der Waals surface area contributed by atoms with Crippen LogP contribution in [0, 0.1) is 11.2 Å². The molecule has 1 aliphatic carbocycles. The van der Waals surface area contributed by atoms with Crippen LogP contribution in [0.4, 0.5) is 4.39 Å². The van der Waals surface area contributed by atoms with Crippen LogP contribution in [0.5, 0.6) is 0 Å². The van der Waals surface area contributed by atoms with Gasteiger partial charge in [0.05, 0.1) is 9.72 Å². The molecule has 4 nitrogen and oxygen atoms in total. The van der Waals surface area contributed by atoms with Crippen LogP contribution in [0.25, 0.3) is 10.9 Å². The van der Waals surface area contributed by atoms with Gasteiger partial charge in [-0.2, -0.15) is 0 Å². The van der Waals surface area contributed by atoms with Gasteiger partial charge in [0.2, 0.25) is 10.0 Å². The zero-order chi connectivity index (χ0) is 17.7. The van der Waals surface area contributed by atoms with Crippen LogP contribution in [-0.2, 0) is 23.1 Å². The average Bonchev–Trinajstić information content (AvgIpc) is 3.25. The molecule has 1 N–H and O–H groups in total. The highest BCUT2D eigenvalue weighted by atomic mass is 79.9. The molecule has 0 aliphatic heterocycles. The molecule has 1 aromatic heterocycles. The molecule has 3 rings (SSSR count). The molecule has 0 bridgehead atoms. The first-order valence-corrected chi connectivity index (χ1v) is 10.4. The SMILES string of the molecule is CC(C)(C)Cn1cc(CNS(=O)(=O)C2CC2)c2cc(F)c(Br)cc21. The van der Waals surface area contributed by atoms with Crippen molar-refractivity contribution in [1.82, 2.24) is 9.29 Å². The minimum Gasteiger partial charge on any atom is -0.347 e. The highest BCUT2D eigenvalue weighted by Crippen LogP contribution is 2.31. The molecule has 2 aromatic rings. The van der Waals surface area contributed by atoms with Crippen molar-refractivity contribution >= 4 is 36.9 Å². The van der Waals surface area contributed by atoms with Gasteiger partial charge in [0, 0.05) is 30.2 Å². The van der Waals surface area contributed by atoms with Gasteiger partial charge in [-0.15, -0.1) is 0 Å². The first-order valence-electron chi connectivity index (χ1n) is 8.02. The maximum Gasteiger partial charge on any atom is 0.214 e. The molecule has 1 saturated carbocycles. The number of fused-ring (bicyclic) bond motifs is 1. The molecule has 0 amide bonds. The summed E-state index contributed by atoms with van der Waals surface area (Å²) in [6, 6.07) is 3.23. The van der Waals surface area contributed by atoms with Crippen molar-refractivity contribution in [1.29, 1.82) is 0 Å². The molecule has 0 spiro atoms. The predicted octanol–water partition coefficient (Wildman–Crippen LogP) is 4.17. The lowest BCUT2D eigenvalue weighted by atomic mass is 9.97. The molecular weight excluding hydrogens is 395 g/mol. The number of sulfonamides is 1. The minimum absolute atomic E-state index is 0.0532. The van der Waals surface area contributed by atoms with E-state index in [0.717, 1.165) is 35.9 Å². The highest BCUT2D eigenvalue weighted by Gasteiger charge is 2.35. The fourth-order valence-corrected chi connectivity index (χ4v) is 4.50. The number of hydrogen-bond donors (Lipinski definition) is 1. The van der Waals surface area contributed by atoms with Gasteiger partial charge in [-0.05, 0) is 51.9 Å². The van der Waals surface area contributed by atoms with Gasteiger partial charge >= 0.3 is 0 Å². The van der Waals surface area contributed by atoms with Crippen LogP contribution in [0.1, 0.15) is 39.2 Å². The summed E-state index contributed by atoms with van der Waals surface area (Å²) in [6.45, 7) is 7.34. The summed E-state index contributed by atoms with van der Waals surface area (Å²) >= 11 is 3.24. The van der Waals surface area contributed by atoms with E-state index >= 15 is 0 Å². The number of benzene rings is 1. The van der Waals surface area contributed by atoms with Gasteiger partial charge in [-0.1, -0.05) is 20.8 Å². The van der Waals surface area contributed by atoms with E-state index in [-0.39, 0.29) is 23.0 Å². The Hall–Kier alpha value is -0.920. The Balaban J connectivity index is 1.98. The topological polar surface area (TPSA) is 51.1 Å². The van der Waals surface area contributed by atoms with E-state index < -0.39 is 10.0 Å². The third-order valence-electron chi connectivity index (χ3n) is 4.08. The number of nitrogens with one attached hydrogen (secondary N) is 1. The standard InChI is InChI=1S/C17H22BrFN2O2S/c1-17(2,3)10-21-9-11(8-20-24(22,23)12-4-5-12)13-6-15(19)14(18)7-16(13)21/h6-7,9,12,20H,4-5,8,10H2,1-3H3. The Kier molecular flexibility index (Phi) is 4.55. The molecule has 0 unspecified atom stereocenters. The van der Waals surface area contributed by atoms with E-state index in [1.807, 2.05) is 6.20 Å². The predicted molar refractivity (Wildman–Crippen MR) is 97.8 cm³/mol.